The van der Waals surface area contributed by atoms with Gasteiger partial charge in [-0.2, -0.15) is 0 Å². The van der Waals surface area contributed by atoms with Crippen LogP contribution < -0.4 is 21.3 Å². The minimum atomic E-state index is -0.825. The first kappa shape index (κ1) is 27.9. The smallest absolute Gasteiger partial charge is 0.320 e. The minimum absolute atomic E-state index is 0.00618. The number of aliphatic hydroxyl groups is 1. The van der Waals surface area contributed by atoms with E-state index in [9.17, 15) is 14.7 Å². The van der Waals surface area contributed by atoms with Gasteiger partial charge in [0.15, 0.2) is 5.78 Å². The van der Waals surface area contributed by atoms with Gasteiger partial charge in [0.25, 0.3) is 0 Å². The summed E-state index contributed by atoms with van der Waals surface area (Å²) in [5.74, 6) is -0.0980. The zero-order chi connectivity index (χ0) is 29.5. The average molecular weight is 561 g/mol. The fourth-order valence-corrected chi connectivity index (χ4v) is 8.27. The van der Waals surface area contributed by atoms with Gasteiger partial charge < -0.3 is 31.1 Å². The van der Waals surface area contributed by atoms with Crippen LogP contribution in [0.2, 0.25) is 0 Å². The highest BCUT2D eigenvalue weighted by Crippen LogP contribution is 2.49. The van der Waals surface area contributed by atoms with Crippen LogP contribution in [-0.2, 0) is 14.3 Å². The summed E-state index contributed by atoms with van der Waals surface area (Å²) in [5.41, 5.74) is 7.63. The molecule has 41 heavy (non-hydrogen) atoms. The molecule has 8 heteroatoms. The third-order valence-corrected chi connectivity index (χ3v) is 10.9. The lowest BCUT2D eigenvalue weighted by Gasteiger charge is -2.26. The van der Waals surface area contributed by atoms with Crippen molar-refractivity contribution in [1.82, 2.24) is 21.3 Å². The second-order valence-electron chi connectivity index (χ2n) is 12.9. The van der Waals surface area contributed by atoms with Gasteiger partial charge in [-0.1, -0.05) is 34.6 Å². The number of ketones is 1. The number of rotatable bonds is 3. The van der Waals surface area contributed by atoms with E-state index in [1.165, 1.54) is 7.11 Å². The maximum atomic E-state index is 13.1. The molecule has 1 unspecified atom stereocenters. The van der Waals surface area contributed by atoms with Crippen molar-refractivity contribution in [1.29, 1.82) is 0 Å². The Kier molecular flexibility index (Phi) is 6.76. The number of hydrogen-bond donors (Lipinski definition) is 5. The molecular formula is C33H44N4O4. The first-order valence-electron chi connectivity index (χ1n) is 15.2. The number of Topliss-reactive ketones (excluding diaryl/α,β-unsaturated/α-hetero) is 1. The Labute approximate surface area is 243 Å². The molecular weight excluding hydrogens is 516 g/mol. The molecule has 8 bridgehead atoms. The number of allylic oxidation sites excluding steroid dienone is 4. The highest BCUT2D eigenvalue weighted by molar-refractivity contribution is 5.97. The Morgan fingerprint density at radius 1 is 0.976 bits per heavy atom. The lowest BCUT2D eigenvalue weighted by Crippen LogP contribution is -2.39. The van der Waals surface area contributed by atoms with Gasteiger partial charge in [-0.05, 0) is 61.5 Å². The van der Waals surface area contributed by atoms with Crippen molar-refractivity contribution in [2.75, 3.05) is 7.11 Å². The molecule has 8 nitrogen and oxygen atoms in total. The van der Waals surface area contributed by atoms with Crippen LogP contribution in [0, 0.1) is 35.5 Å². The quantitative estimate of drug-likeness (QED) is 0.331. The molecule has 5 heterocycles. The Morgan fingerprint density at radius 2 is 1.71 bits per heavy atom. The van der Waals surface area contributed by atoms with E-state index in [1.807, 2.05) is 6.92 Å². The first-order chi connectivity index (χ1) is 19.5. The van der Waals surface area contributed by atoms with Crippen LogP contribution >= 0.6 is 0 Å². The van der Waals surface area contributed by atoms with Crippen molar-refractivity contribution in [3.05, 3.63) is 69.1 Å². The third-order valence-electron chi connectivity index (χ3n) is 10.9. The molecule has 0 saturated carbocycles. The van der Waals surface area contributed by atoms with Crippen LogP contribution in [0.3, 0.4) is 0 Å². The topological polar surface area (TPSA) is 112 Å². The van der Waals surface area contributed by atoms with Crippen LogP contribution in [-0.4, -0.2) is 48.1 Å². The summed E-state index contributed by atoms with van der Waals surface area (Å²) >= 11 is 0. The average Bonchev–Trinajstić information content (AvgIpc) is 3.66. The van der Waals surface area contributed by atoms with Crippen LogP contribution in [0.15, 0.2) is 69.1 Å². The molecule has 0 spiro atoms. The van der Waals surface area contributed by atoms with E-state index in [1.54, 1.807) is 6.92 Å². The van der Waals surface area contributed by atoms with Gasteiger partial charge in [0.1, 0.15) is 11.7 Å². The Bertz CT molecular complexity index is 1400. The highest BCUT2D eigenvalue weighted by atomic mass is 16.5. The standard InChI is InChI=1S/C33H44N4O4/c1-9-19-15(4)21-12-25-26(18(7)38)16(5)22(35-25)10-20-13(2)14(3)30(36-20)28-29(33(40)41-8)32(39)27-17(6)23(37-31(27)28)11-24(19)34-21/h10-15,17,19-20,23,25,29-30,34-37,39H,9H2,1-8H3/b21-12+,22-10+,24-11-/t13-,14-,15+,17?,19+,20-,23-,25-,29+,30+/m0/s1. The van der Waals surface area contributed by atoms with Gasteiger partial charge in [0.2, 0.25) is 0 Å². The van der Waals surface area contributed by atoms with Crippen LogP contribution in [0.4, 0.5) is 0 Å². The molecule has 5 N–H and O–H groups in total. The molecule has 0 radical (unpaired) electrons. The van der Waals surface area contributed by atoms with Crippen LogP contribution in [0.25, 0.3) is 0 Å². The summed E-state index contributed by atoms with van der Waals surface area (Å²) in [7, 11) is 1.38. The molecule has 0 aromatic rings. The molecule has 0 aromatic carbocycles. The van der Waals surface area contributed by atoms with Crippen molar-refractivity contribution < 1.29 is 19.4 Å². The molecule has 5 aliphatic heterocycles. The fourth-order valence-electron chi connectivity index (χ4n) is 8.27. The third kappa shape index (κ3) is 4.04. The van der Waals surface area contributed by atoms with E-state index in [0.717, 1.165) is 51.5 Å². The van der Waals surface area contributed by atoms with E-state index in [4.69, 9.17) is 4.74 Å². The van der Waals surface area contributed by atoms with Gasteiger partial charge in [0, 0.05) is 63.8 Å². The number of aliphatic hydroxyl groups excluding tert-OH is 1. The summed E-state index contributed by atoms with van der Waals surface area (Å²) < 4.78 is 5.22. The van der Waals surface area contributed by atoms with Crippen molar-refractivity contribution in [2.24, 2.45) is 35.5 Å². The largest absolute Gasteiger partial charge is 0.511 e. The SMILES string of the molecule is CC[C@H]1/C2=C/[C@@H]3NC4=C([C@@H](C(=O)OC)C(O)=C4C3C)[C@@H]3N[C@@H](/C=C4/N[C@@H](/C=C(/N2)[C@@H]1C)C(C(C)=O)=C4C)[C@@H](C)[C@@H]3C. The zero-order valence-electron chi connectivity index (χ0n) is 25.4. The number of carbonyl (C=O) groups excluding carboxylic acids is 2. The van der Waals surface area contributed by atoms with Crippen molar-refractivity contribution >= 4 is 11.8 Å². The molecule has 0 aromatic heterocycles. The second-order valence-corrected chi connectivity index (χ2v) is 12.9. The Hall–Kier alpha value is -3.26. The minimum Gasteiger partial charge on any atom is -0.511 e. The van der Waals surface area contributed by atoms with E-state index in [0.29, 0.717) is 5.92 Å². The van der Waals surface area contributed by atoms with Gasteiger partial charge >= 0.3 is 5.97 Å². The molecule has 6 rings (SSSR count). The number of esters is 1. The molecule has 3 saturated heterocycles. The summed E-state index contributed by atoms with van der Waals surface area (Å²) in [6.45, 7) is 14.7. The number of ether oxygens (including phenoxy) is 1. The number of hydrogen-bond acceptors (Lipinski definition) is 8. The number of nitrogens with one attached hydrogen (secondary N) is 4. The van der Waals surface area contributed by atoms with Crippen molar-refractivity contribution in [2.45, 2.75) is 79.1 Å². The van der Waals surface area contributed by atoms with Crippen LogP contribution in [0.1, 0.15) is 54.9 Å². The summed E-state index contributed by atoms with van der Waals surface area (Å²) in [4.78, 5) is 26.0. The maximum Gasteiger partial charge on any atom is 0.320 e. The van der Waals surface area contributed by atoms with Crippen molar-refractivity contribution in [3.63, 3.8) is 0 Å². The van der Waals surface area contributed by atoms with Gasteiger partial charge in [-0.25, -0.2) is 0 Å². The summed E-state index contributed by atoms with van der Waals surface area (Å²) in [5, 5.41) is 26.5. The second kappa shape index (κ2) is 9.93. The maximum absolute atomic E-state index is 13.1. The Morgan fingerprint density at radius 3 is 2.37 bits per heavy atom. The van der Waals surface area contributed by atoms with Crippen molar-refractivity contribution in [3.8, 4) is 0 Å². The Balaban J connectivity index is 1.55. The predicted molar refractivity (Wildman–Crippen MR) is 158 cm³/mol. The first-order valence-corrected chi connectivity index (χ1v) is 15.2. The molecule has 6 aliphatic rings. The van der Waals surface area contributed by atoms with Gasteiger partial charge in [-0.15, -0.1) is 0 Å². The normalized spacial score (nSPS) is 43.1. The predicted octanol–water partition coefficient (Wildman–Crippen LogP) is 3.88. The highest BCUT2D eigenvalue weighted by Gasteiger charge is 2.52. The lowest BCUT2D eigenvalue weighted by molar-refractivity contribution is -0.143. The van der Waals surface area contributed by atoms with Gasteiger partial charge in [-0.3, -0.25) is 9.59 Å². The van der Waals surface area contributed by atoms with Crippen LogP contribution in [0.5, 0.6) is 0 Å². The summed E-state index contributed by atoms with van der Waals surface area (Å²) in [6, 6.07) is -0.370. The lowest BCUT2D eigenvalue weighted by atomic mass is 9.83. The number of fused-ring (bicyclic) bond motifs is 8. The van der Waals surface area contributed by atoms with Gasteiger partial charge in [0.05, 0.1) is 19.2 Å². The molecule has 3 fully saturated rings. The molecule has 0 amide bonds. The molecule has 10 atom stereocenters. The number of methoxy groups -OCH3 is 1. The van der Waals surface area contributed by atoms with E-state index >= 15 is 0 Å². The summed E-state index contributed by atoms with van der Waals surface area (Å²) in [6.07, 6.45) is 7.67. The molecule has 220 valence electrons. The van der Waals surface area contributed by atoms with E-state index < -0.39 is 11.9 Å². The van der Waals surface area contributed by atoms with E-state index in [-0.39, 0.29) is 59.4 Å². The zero-order valence-corrected chi connectivity index (χ0v) is 25.4. The van der Waals surface area contributed by atoms with E-state index in [2.05, 4.69) is 74.1 Å². The monoisotopic (exact) mass is 560 g/mol. The number of carbonyl (C=O) groups is 2. The molecule has 1 aliphatic carbocycles. The fraction of sp³-hybridized carbons (Fsp3) is 0.576.